The second-order valence-electron chi connectivity index (χ2n) is 7.64. The van der Waals surface area contributed by atoms with Gasteiger partial charge < -0.3 is 20.6 Å². The van der Waals surface area contributed by atoms with Crippen LogP contribution in [0, 0.1) is 0 Å². The van der Waals surface area contributed by atoms with Crippen LogP contribution in [0.5, 0.6) is 0 Å². The summed E-state index contributed by atoms with van der Waals surface area (Å²) in [5.41, 5.74) is 1.20. The third kappa shape index (κ3) is 4.70. The predicted molar refractivity (Wildman–Crippen MR) is 105 cm³/mol. The fraction of sp³-hybridized carbons (Fsp3) is 0.400. The van der Waals surface area contributed by atoms with Gasteiger partial charge in [0.25, 0.3) is 5.91 Å². The summed E-state index contributed by atoms with van der Waals surface area (Å²) in [5, 5.41) is 14.0. The molecule has 2 aromatic heterocycles. The maximum atomic E-state index is 13.6. The van der Waals surface area contributed by atoms with E-state index in [-0.39, 0.29) is 29.4 Å². The molecule has 11 heteroatoms. The lowest BCUT2D eigenvalue weighted by atomic mass is 10.1. The molecule has 2 bridgehead atoms. The standard InChI is InChI=1S/C20H20F3N5O3/c21-20(22,23)16(7-11-1-2-12(24-9-11)8-17(29)30)27-19(31)14-3-4-15-18(26-14)25-13-5-6-28(15)10-13/h1-4,9,13,16H,5-8,10H2,(H,25,26)(H,27,31)(H,29,30)/t13-,16+/m0/s1. The molecule has 0 aromatic carbocycles. The van der Waals surface area contributed by atoms with Crippen molar-refractivity contribution in [1.82, 2.24) is 15.3 Å². The minimum atomic E-state index is -4.69. The average molecular weight is 435 g/mol. The van der Waals surface area contributed by atoms with E-state index in [0.29, 0.717) is 5.82 Å². The van der Waals surface area contributed by atoms with Crippen molar-refractivity contribution in [1.29, 1.82) is 0 Å². The number of fused-ring (bicyclic) bond motifs is 4. The Kier molecular flexibility index (Phi) is 5.42. The summed E-state index contributed by atoms with van der Waals surface area (Å²) in [7, 11) is 0. The Balaban J connectivity index is 1.47. The maximum Gasteiger partial charge on any atom is 0.408 e. The van der Waals surface area contributed by atoms with E-state index < -0.39 is 30.5 Å². The van der Waals surface area contributed by atoms with Gasteiger partial charge in [-0.25, -0.2) is 4.98 Å². The quantitative estimate of drug-likeness (QED) is 0.637. The molecule has 0 saturated carbocycles. The van der Waals surface area contributed by atoms with Crippen LogP contribution < -0.4 is 15.5 Å². The predicted octanol–water partition coefficient (Wildman–Crippen LogP) is 2.01. The Bertz CT molecular complexity index is 997. The summed E-state index contributed by atoms with van der Waals surface area (Å²) >= 11 is 0. The number of carboxylic acid groups (broad SMARTS) is 1. The van der Waals surface area contributed by atoms with E-state index in [9.17, 15) is 22.8 Å². The molecule has 1 saturated heterocycles. The molecule has 164 valence electrons. The van der Waals surface area contributed by atoms with Crippen LogP contribution in [0.3, 0.4) is 0 Å². The molecule has 2 aliphatic rings. The van der Waals surface area contributed by atoms with Gasteiger partial charge in [-0.1, -0.05) is 6.07 Å². The molecular weight excluding hydrogens is 415 g/mol. The summed E-state index contributed by atoms with van der Waals surface area (Å²) < 4.78 is 40.7. The highest BCUT2D eigenvalue weighted by Crippen LogP contribution is 2.34. The van der Waals surface area contributed by atoms with Gasteiger partial charge in [-0.15, -0.1) is 0 Å². The molecule has 4 heterocycles. The maximum absolute atomic E-state index is 13.6. The molecule has 1 amide bonds. The SMILES string of the molecule is O=C(O)Cc1ccc(C[C@@H](NC(=O)c2ccc3c(n2)N[C@H]2CCN3C2)C(F)(F)F)cn1. The molecule has 0 radical (unpaired) electrons. The highest BCUT2D eigenvalue weighted by molar-refractivity contribution is 5.94. The van der Waals surface area contributed by atoms with Crippen molar-refractivity contribution < 1.29 is 27.9 Å². The number of anilines is 2. The summed E-state index contributed by atoms with van der Waals surface area (Å²) in [6, 6.07) is 3.93. The minimum absolute atomic E-state index is 0.0991. The molecule has 0 unspecified atom stereocenters. The highest BCUT2D eigenvalue weighted by atomic mass is 19.4. The molecule has 2 aromatic rings. The number of alkyl halides is 3. The zero-order valence-corrected chi connectivity index (χ0v) is 16.3. The zero-order valence-electron chi connectivity index (χ0n) is 16.3. The van der Waals surface area contributed by atoms with Crippen LogP contribution >= 0.6 is 0 Å². The molecule has 0 spiro atoms. The van der Waals surface area contributed by atoms with Gasteiger partial charge in [-0.2, -0.15) is 13.2 Å². The number of hydrogen-bond acceptors (Lipinski definition) is 6. The van der Waals surface area contributed by atoms with Gasteiger partial charge in [0, 0.05) is 31.7 Å². The number of nitrogens with zero attached hydrogens (tertiary/aromatic N) is 3. The summed E-state index contributed by atoms with van der Waals surface area (Å²) in [4.78, 5) is 33.5. The number of rotatable bonds is 6. The lowest BCUT2D eigenvalue weighted by molar-refractivity contribution is -0.153. The number of carboxylic acids is 1. The van der Waals surface area contributed by atoms with Crippen LogP contribution in [0.15, 0.2) is 30.5 Å². The second kappa shape index (κ2) is 8.05. The fourth-order valence-corrected chi connectivity index (χ4v) is 3.78. The van der Waals surface area contributed by atoms with Crippen molar-refractivity contribution in [3.05, 3.63) is 47.4 Å². The Morgan fingerprint density at radius 3 is 2.77 bits per heavy atom. The van der Waals surface area contributed by atoms with Crippen LogP contribution in [-0.2, 0) is 17.6 Å². The number of halogens is 3. The molecule has 2 aliphatic heterocycles. The van der Waals surface area contributed by atoms with Crippen LogP contribution in [0.4, 0.5) is 24.7 Å². The smallest absolute Gasteiger partial charge is 0.408 e. The third-order valence-corrected chi connectivity index (χ3v) is 5.33. The Hall–Kier alpha value is -3.37. The molecular formula is C20H20F3N5O3. The lowest BCUT2D eigenvalue weighted by Gasteiger charge is -2.28. The van der Waals surface area contributed by atoms with Crippen molar-refractivity contribution in [2.75, 3.05) is 23.3 Å². The molecule has 8 nitrogen and oxygen atoms in total. The van der Waals surface area contributed by atoms with E-state index in [4.69, 9.17) is 5.11 Å². The van der Waals surface area contributed by atoms with Gasteiger partial charge in [-0.3, -0.25) is 14.6 Å². The van der Waals surface area contributed by atoms with Gasteiger partial charge in [0.1, 0.15) is 11.7 Å². The first-order valence-electron chi connectivity index (χ1n) is 9.75. The number of aliphatic carboxylic acids is 1. The van der Waals surface area contributed by atoms with Crippen LogP contribution in [-0.4, -0.2) is 58.3 Å². The largest absolute Gasteiger partial charge is 0.481 e. The Morgan fingerprint density at radius 1 is 1.29 bits per heavy atom. The van der Waals surface area contributed by atoms with E-state index in [1.54, 1.807) is 6.07 Å². The summed E-state index contributed by atoms with van der Waals surface area (Å²) in [6.07, 6.45) is -3.42. The van der Waals surface area contributed by atoms with Gasteiger partial charge in [0.05, 0.1) is 17.8 Å². The molecule has 0 aliphatic carbocycles. The first-order chi connectivity index (χ1) is 14.7. The average Bonchev–Trinajstić information content (AvgIpc) is 3.09. The number of hydrogen-bond donors (Lipinski definition) is 3. The van der Waals surface area contributed by atoms with Crippen molar-refractivity contribution in [3.63, 3.8) is 0 Å². The molecule has 4 rings (SSSR count). The van der Waals surface area contributed by atoms with Crippen molar-refractivity contribution >= 4 is 23.4 Å². The number of nitrogens with one attached hydrogen (secondary N) is 2. The molecule has 31 heavy (non-hydrogen) atoms. The Morgan fingerprint density at radius 2 is 2.10 bits per heavy atom. The van der Waals surface area contributed by atoms with Crippen molar-refractivity contribution in [2.45, 2.75) is 37.5 Å². The first-order valence-corrected chi connectivity index (χ1v) is 9.75. The minimum Gasteiger partial charge on any atom is -0.481 e. The van der Waals surface area contributed by atoms with Gasteiger partial charge in [0.15, 0.2) is 5.82 Å². The van der Waals surface area contributed by atoms with E-state index in [1.807, 2.05) is 5.32 Å². The molecule has 2 atom stereocenters. The topological polar surface area (TPSA) is 107 Å². The van der Waals surface area contributed by atoms with Crippen molar-refractivity contribution in [2.24, 2.45) is 0 Å². The van der Waals surface area contributed by atoms with Crippen molar-refractivity contribution in [3.8, 4) is 0 Å². The summed E-state index contributed by atoms with van der Waals surface area (Å²) in [6.45, 7) is 1.71. The normalized spacial score (nSPS) is 18.2. The second-order valence-corrected chi connectivity index (χ2v) is 7.64. The fourth-order valence-electron chi connectivity index (χ4n) is 3.78. The van der Waals surface area contributed by atoms with Crippen LogP contribution in [0.2, 0.25) is 0 Å². The number of aromatic nitrogens is 2. The molecule has 3 N–H and O–H groups in total. The lowest BCUT2D eigenvalue weighted by Crippen LogP contribution is -2.47. The number of carbonyl (C=O) groups excluding carboxylic acids is 1. The van der Waals surface area contributed by atoms with Crippen LogP contribution in [0.25, 0.3) is 0 Å². The van der Waals surface area contributed by atoms with E-state index >= 15 is 0 Å². The van der Waals surface area contributed by atoms with E-state index in [2.05, 4.69) is 20.2 Å². The zero-order chi connectivity index (χ0) is 22.2. The third-order valence-electron chi connectivity index (χ3n) is 5.33. The van der Waals surface area contributed by atoms with Gasteiger partial charge in [-0.05, 0) is 30.2 Å². The number of pyridine rings is 2. The highest BCUT2D eigenvalue weighted by Gasteiger charge is 2.41. The number of amides is 1. The Labute approximate surface area is 175 Å². The van der Waals surface area contributed by atoms with Gasteiger partial charge in [0.2, 0.25) is 0 Å². The molecule has 1 fully saturated rings. The number of carbonyl (C=O) groups is 2. The monoisotopic (exact) mass is 435 g/mol. The van der Waals surface area contributed by atoms with Gasteiger partial charge >= 0.3 is 12.1 Å². The van der Waals surface area contributed by atoms with Crippen LogP contribution in [0.1, 0.15) is 28.2 Å². The first kappa shape index (κ1) is 20.9. The van der Waals surface area contributed by atoms with E-state index in [1.165, 1.54) is 24.4 Å². The summed E-state index contributed by atoms with van der Waals surface area (Å²) in [5.74, 6) is -1.50. The van der Waals surface area contributed by atoms with E-state index in [0.717, 1.165) is 25.2 Å².